The molecule has 0 radical (unpaired) electrons. The lowest BCUT2D eigenvalue weighted by Crippen LogP contribution is -2.47. The number of rotatable bonds is 6. The lowest BCUT2D eigenvalue weighted by Gasteiger charge is -2.32. The molecule has 2 aromatic carbocycles. The molecule has 0 spiro atoms. The molecule has 1 fully saturated rings. The molecular formula is C25H32N2O3. The van der Waals surface area contributed by atoms with Crippen LogP contribution in [0.2, 0.25) is 0 Å². The molecule has 0 bridgehead atoms. The minimum absolute atomic E-state index is 0.00930. The van der Waals surface area contributed by atoms with Gasteiger partial charge < -0.3 is 15.0 Å². The highest BCUT2D eigenvalue weighted by molar-refractivity contribution is 5.94. The maximum absolute atomic E-state index is 12.5. The number of benzene rings is 2. The van der Waals surface area contributed by atoms with Crippen molar-refractivity contribution in [1.29, 1.82) is 0 Å². The Hall–Kier alpha value is -2.82. The lowest BCUT2D eigenvalue weighted by atomic mass is 10.0. The summed E-state index contributed by atoms with van der Waals surface area (Å²) in [6.45, 7) is 9.61. The summed E-state index contributed by atoms with van der Waals surface area (Å²) < 4.78 is 5.75. The van der Waals surface area contributed by atoms with E-state index in [1.165, 1.54) is 5.56 Å². The summed E-state index contributed by atoms with van der Waals surface area (Å²) >= 11 is 0. The molecule has 3 rings (SSSR count). The second-order valence-corrected chi connectivity index (χ2v) is 8.39. The number of likely N-dealkylation sites (tertiary alicyclic amines) is 1. The number of hydrogen-bond acceptors (Lipinski definition) is 3. The van der Waals surface area contributed by atoms with Crippen molar-refractivity contribution in [3.05, 3.63) is 64.7 Å². The van der Waals surface area contributed by atoms with Crippen LogP contribution in [0, 0.1) is 13.8 Å². The zero-order valence-corrected chi connectivity index (χ0v) is 18.4. The van der Waals surface area contributed by atoms with Gasteiger partial charge in [-0.3, -0.25) is 9.59 Å². The Kier molecular flexibility index (Phi) is 7.14. The summed E-state index contributed by atoms with van der Waals surface area (Å²) in [5.74, 6) is 1.15. The van der Waals surface area contributed by atoms with Gasteiger partial charge >= 0.3 is 0 Å². The summed E-state index contributed by atoms with van der Waals surface area (Å²) in [7, 11) is 0. The number of hydrogen-bond donors (Lipinski definition) is 1. The van der Waals surface area contributed by atoms with E-state index in [1.807, 2.05) is 61.2 Å². The van der Waals surface area contributed by atoms with Crippen LogP contribution in [0.4, 0.5) is 0 Å². The third kappa shape index (κ3) is 5.41. The molecular weight excluding hydrogens is 376 g/mol. The van der Waals surface area contributed by atoms with Crippen LogP contribution in [-0.2, 0) is 4.79 Å². The van der Waals surface area contributed by atoms with Crippen molar-refractivity contribution in [3.8, 4) is 5.75 Å². The van der Waals surface area contributed by atoms with E-state index in [-0.39, 0.29) is 24.5 Å². The van der Waals surface area contributed by atoms with E-state index in [9.17, 15) is 9.59 Å². The third-order valence-corrected chi connectivity index (χ3v) is 5.93. The first kappa shape index (κ1) is 21.9. The van der Waals surface area contributed by atoms with Gasteiger partial charge in [0.25, 0.3) is 11.8 Å². The Bertz CT molecular complexity index is 882. The average molecular weight is 409 g/mol. The number of amides is 2. The van der Waals surface area contributed by atoms with Crippen LogP contribution >= 0.6 is 0 Å². The highest BCUT2D eigenvalue weighted by Crippen LogP contribution is 2.21. The van der Waals surface area contributed by atoms with Crippen molar-refractivity contribution < 1.29 is 14.3 Å². The van der Waals surface area contributed by atoms with Crippen LogP contribution < -0.4 is 10.1 Å². The molecule has 160 valence electrons. The minimum atomic E-state index is -0.0478. The summed E-state index contributed by atoms with van der Waals surface area (Å²) in [5, 5.41) is 3.11. The fourth-order valence-corrected chi connectivity index (χ4v) is 3.67. The quantitative estimate of drug-likeness (QED) is 0.778. The van der Waals surface area contributed by atoms with Crippen molar-refractivity contribution >= 4 is 11.8 Å². The minimum Gasteiger partial charge on any atom is -0.483 e. The standard InChI is InChI=1S/C25H32N2O3/c1-17(2)20-8-10-21(11-9-20)25(29)26-22-12-14-27(15-13-22)24(28)16-30-23-7-5-6-18(3)19(23)4/h5-11,17,22H,12-16H2,1-4H3,(H,26,29). The van der Waals surface area contributed by atoms with Gasteiger partial charge in [0.1, 0.15) is 5.75 Å². The van der Waals surface area contributed by atoms with Gasteiger partial charge in [-0.2, -0.15) is 0 Å². The van der Waals surface area contributed by atoms with E-state index in [2.05, 4.69) is 19.2 Å². The second-order valence-electron chi connectivity index (χ2n) is 8.39. The molecule has 5 heteroatoms. The number of piperidine rings is 1. The summed E-state index contributed by atoms with van der Waals surface area (Å²) in [4.78, 5) is 26.9. The van der Waals surface area contributed by atoms with Crippen molar-refractivity contribution in [1.82, 2.24) is 10.2 Å². The van der Waals surface area contributed by atoms with E-state index >= 15 is 0 Å². The SMILES string of the molecule is Cc1cccc(OCC(=O)N2CCC(NC(=O)c3ccc(C(C)C)cc3)CC2)c1C. The summed E-state index contributed by atoms with van der Waals surface area (Å²) in [6, 6.07) is 13.7. The van der Waals surface area contributed by atoms with Crippen molar-refractivity contribution in [2.24, 2.45) is 0 Å². The smallest absolute Gasteiger partial charge is 0.260 e. The second kappa shape index (κ2) is 9.79. The molecule has 0 unspecified atom stereocenters. The van der Waals surface area contributed by atoms with E-state index in [1.54, 1.807) is 0 Å². The number of ether oxygens (including phenoxy) is 1. The molecule has 1 aliphatic heterocycles. The first-order valence-corrected chi connectivity index (χ1v) is 10.7. The molecule has 1 aliphatic rings. The summed E-state index contributed by atoms with van der Waals surface area (Å²) in [5.41, 5.74) is 4.12. The topological polar surface area (TPSA) is 58.6 Å². The number of nitrogens with one attached hydrogen (secondary N) is 1. The largest absolute Gasteiger partial charge is 0.483 e. The molecule has 2 aromatic rings. The van der Waals surface area contributed by atoms with Gasteiger partial charge in [-0.05, 0) is 67.5 Å². The van der Waals surface area contributed by atoms with Gasteiger partial charge in [0.2, 0.25) is 0 Å². The van der Waals surface area contributed by atoms with Gasteiger partial charge in [-0.25, -0.2) is 0 Å². The maximum Gasteiger partial charge on any atom is 0.260 e. The molecule has 0 saturated carbocycles. The van der Waals surface area contributed by atoms with Crippen LogP contribution in [0.1, 0.15) is 59.7 Å². The van der Waals surface area contributed by atoms with Gasteiger partial charge in [-0.1, -0.05) is 38.1 Å². The van der Waals surface area contributed by atoms with Crippen molar-refractivity contribution in [3.63, 3.8) is 0 Å². The summed E-state index contributed by atoms with van der Waals surface area (Å²) in [6.07, 6.45) is 1.51. The van der Waals surface area contributed by atoms with Crippen molar-refractivity contribution in [2.45, 2.75) is 52.5 Å². The monoisotopic (exact) mass is 408 g/mol. The number of carbonyl (C=O) groups excluding carboxylic acids is 2. The third-order valence-electron chi connectivity index (χ3n) is 5.93. The molecule has 0 atom stereocenters. The molecule has 0 aliphatic carbocycles. The Balaban J connectivity index is 1.45. The molecule has 1 heterocycles. The number of nitrogens with zero attached hydrogens (tertiary/aromatic N) is 1. The van der Waals surface area contributed by atoms with E-state index < -0.39 is 0 Å². The first-order valence-electron chi connectivity index (χ1n) is 10.7. The predicted octanol–water partition coefficient (Wildman–Crippen LogP) is 4.23. The zero-order chi connectivity index (χ0) is 21.7. The van der Waals surface area contributed by atoms with Gasteiger partial charge in [0, 0.05) is 24.7 Å². The van der Waals surface area contributed by atoms with Crippen LogP contribution in [0.15, 0.2) is 42.5 Å². The normalized spacial score (nSPS) is 14.6. The van der Waals surface area contributed by atoms with E-state index in [0.29, 0.717) is 24.6 Å². The first-order chi connectivity index (χ1) is 14.3. The average Bonchev–Trinajstić information content (AvgIpc) is 2.75. The molecule has 2 amide bonds. The molecule has 0 aromatic heterocycles. The van der Waals surface area contributed by atoms with Gasteiger partial charge in [-0.15, -0.1) is 0 Å². The van der Waals surface area contributed by atoms with Crippen LogP contribution in [0.3, 0.4) is 0 Å². The Morgan fingerprint density at radius 3 is 2.37 bits per heavy atom. The Morgan fingerprint density at radius 2 is 1.73 bits per heavy atom. The van der Waals surface area contributed by atoms with E-state index in [0.717, 1.165) is 29.7 Å². The fraction of sp³-hybridized carbons (Fsp3) is 0.440. The molecule has 1 N–H and O–H groups in total. The molecule has 30 heavy (non-hydrogen) atoms. The van der Waals surface area contributed by atoms with Crippen LogP contribution in [0.25, 0.3) is 0 Å². The highest BCUT2D eigenvalue weighted by Gasteiger charge is 2.24. The molecule has 5 nitrogen and oxygen atoms in total. The highest BCUT2D eigenvalue weighted by atomic mass is 16.5. The van der Waals surface area contributed by atoms with E-state index in [4.69, 9.17) is 4.74 Å². The molecule has 1 saturated heterocycles. The number of carbonyl (C=O) groups is 2. The Morgan fingerprint density at radius 1 is 1.07 bits per heavy atom. The van der Waals surface area contributed by atoms with Gasteiger partial charge in [0.15, 0.2) is 6.61 Å². The number of aryl methyl sites for hydroxylation is 1. The van der Waals surface area contributed by atoms with Crippen LogP contribution in [0.5, 0.6) is 5.75 Å². The Labute approximate surface area is 179 Å². The predicted molar refractivity (Wildman–Crippen MR) is 119 cm³/mol. The lowest BCUT2D eigenvalue weighted by molar-refractivity contribution is -0.134. The van der Waals surface area contributed by atoms with Crippen LogP contribution in [-0.4, -0.2) is 42.5 Å². The van der Waals surface area contributed by atoms with Gasteiger partial charge in [0.05, 0.1) is 0 Å². The maximum atomic E-state index is 12.5. The zero-order valence-electron chi connectivity index (χ0n) is 18.4. The van der Waals surface area contributed by atoms with Crippen molar-refractivity contribution in [2.75, 3.05) is 19.7 Å². The fourth-order valence-electron chi connectivity index (χ4n) is 3.67.